The third kappa shape index (κ3) is 2.83. The third-order valence-electron chi connectivity index (χ3n) is 2.40. The van der Waals surface area contributed by atoms with Crippen LogP contribution in [0.3, 0.4) is 0 Å². The number of carbonyl (C=O) groups is 1. The van der Waals surface area contributed by atoms with Gasteiger partial charge in [-0.25, -0.2) is 0 Å². The van der Waals surface area contributed by atoms with E-state index in [1.807, 2.05) is 0 Å². The molecule has 0 spiro atoms. The summed E-state index contributed by atoms with van der Waals surface area (Å²) in [6.07, 6.45) is 0.772. The molecule has 1 atom stereocenters. The molecular formula is C9H13NO3S2. The monoisotopic (exact) mass is 247 g/mol. The zero-order chi connectivity index (χ0) is 10.7. The smallest absolute Gasteiger partial charge is 0.319 e. The van der Waals surface area contributed by atoms with Gasteiger partial charge in [-0.15, -0.1) is 0 Å². The zero-order valence-corrected chi connectivity index (χ0v) is 9.94. The number of hydrogen-bond acceptors (Lipinski definition) is 5. The fourth-order valence-electron chi connectivity index (χ4n) is 1.53. The Morgan fingerprint density at radius 3 is 2.73 bits per heavy atom. The predicted molar refractivity (Wildman–Crippen MR) is 61.9 cm³/mol. The number of carbonyl (C=O) groups excluding carboxylic acids is 1. The summed E-state index contributed by atoms with van der Waals surface area (Å²) in [4.78, 5) is 13.3. The molecule has 0 aromatic carbocycles. The van der Waals surface area contributed by atoms with Crippen LogP contribution in [0.25, 0.3) is 0 Å². The Kier molecular flexibility index (Phi) is 3.82. The Morgan fingerprint density at radius 1 is 1.40 bits per heavy atom. The molecule has 2 aliphatic rings. The number of esters is 1. The number of rotatable bonds is 1. The van der Waals surface area contributed by atoms with E-state index in [9.17, 15) is 4.79 Å². The van der Waals surface area contributed by atoms with E-state index in [1.54, 1.807) is 0 Å². The van der Waals surface area contributed by atoms with Crippen LogP contribution in [-0.2, 0) is 14.3 Å². The Bertz CT molecular complexity index is 266. The number of cyclic esters (lactones) is 1. The molecule has 0 bridgehead atoms. The van der Waals surface area contributed by atoms with Gasteiger partial charge in [0.15, 0.2) is 0 Å². The van der Waals surface area contributed by atoms with Crippen LogP contribution in [0, 0.1) is 0 Å². The maximum absolute atomic E-state index is 11.2. The summed E-state index contributed by atoms with van der Waals surface area (Å²) >= 11 is 6.74. The number of thioether (sulfide) groups is 1. The predicted octanol–water partition coefficient (Wildman–Crippen LogP) is 0.652. The molecule has 4 nitrogen and oxygen atoms in total. The highest BCUT2D eigenvalue weighted by Crippen LogP contribution is 2.25. The molecule has 6 heteroatoms. The molecule has 0 saturated carbocycles. The number of thiocarbonyl (C=S) groups is 1. The first kappa shape index (κ1) is 11.2. The number of ether oxygens (including phenoxy) is 2. The standard InChI is InChI=1S/C9H13NO3S2/c11-8-7(1-4-13-8)15-9(14)10-2-5-12-6-3-10/h7H,1-6H2. The van der Waals surface area contributed by atoms with Gasteiger partial charge < -0.3 is 14.4 Å². The van der Waals surface area contributed by atoms with Crippen LogP contribution in [-0.4, -0.2) is 53.3 Å². The molecule has 0 N–H and O–H groups in total. The summed E-state index contributed by atoms with van der Waals surface area (Å²) in [6.45, 7) is 3.62. The first-order valence-electron chi connectivity index (χ1n) is 4.97. The van der Waals surface area contributed by atoms with Crippen molar-refractivity contribution in [2.24, 2.45) is 0 Å². The highest BCUT2D eigenvalue weighted by Gasteiger charge is 2.29. The minimum atomic E-state index is -0.129. The molecule has 1 unspecified atom stereocenters. The number of morpholine rings is 1. The SMILES string of the molecule is O=C1OCCC1SC(=S)N1CCOCC1. The van der Waals surface area contributed by atoms with Crippen molar-refractivity contribution in [3.63, 3.8) is 0 Å². The molecule has 15 heavy (non-hydrogen) atoms. The Hall–Kier alpha value is -0.330. The van der Waals surface area contributed by atoms with E-state index in [0.29, 0.717) is 6.61 Å². The molecule has 0 aromatic rings. The van der Waals surface area contributed by atoms with Crippen molar-refractivity contribution in [3.8, 4) is 0 Å². The molecule has 2 saturated heterocycles. The van der Waals surface area contributed by atoms with Crippen LogP contribution in [0.15, 0.2) is 0 Å². The van der Waals surface area contributed by atoms with E-state index < -0.39 is 0 Å². The lowest BCUT2D eigenvalue weighted by Crippen LogP contribution is -2.39. The third-order valence-corrected chi connectivity index (χ3v) is 4.12. The maximum atomic E-state index is 11.2. The van der Waals surface area contributed by atoms with Crippen molar-refractivity contribution in [1.29, 1.82) is 0 Å². The zero-order valence-electron chi connectivity index (χ0n) is 8.31. The molecule has 0 amide bonds. The second-order valence-electron chi connectivity index (χ2n) is 3.43. The molecule has 0 aliphatic carbocycles. The molecule has 2 heterocycles. The number of hydrogen-bond donors (Lipinski definition) is 0. The summed E-state index contributed by atoms with van der Waals surface area (Å²) in [6, 6.07) is 0. The van der Waals surface area contributed by atoms with Crippen molar-refractivity contribution in [3.05, 3.63) is 0 Å². The van der Waals surface area contributed by atoms with Crippen LogP contribution in [0.2, 0.25) is 0 Å². The Morgan fingerprint density at radius 2 is 2.13 bits per heavy atom. The highest BCUT2D eigenvalue weighted by molar-refractivity contribution is 8.23. The fraction of sp³-hybridized carbons (Fsp3) is 0.778. The van der Waals surface area contributed by atoms with E-state index in [4.69, 9.17) is 21.7 Å². The van der Waals surface area contributed by atoms with Gasteiger partial charge in [-0.05, 0) is 0 Å². The normalized spacial score (nSPS) is 26.5. The lowest BCUT2D eigenvalue weighted by Gasteiger charge is -2.29. The largest absolute Gasteiger partial charge is 0.465 e. The lowest BCUT2D eigenvalue weighted by atomic mass is 10.4. The van der Waals surface area contributed by atoms with Gasteiger partial charge in [-0.1, -0.05) is 24.0 Å². The van der Waals surface area contributed by atoms with E-state index in [-0.39, 0.29) is 11.2 Å². The second kappa shape index (κ2) is 5.14. The van der Waals surface area contributed by atoms with Crippen molar-refractivity contribution in [1.82, 2.24) is 4.90 Å². The van der Waals surface area contributed by atoms with Gasteiger partial charge in [0, 0.05) is 19.5 Å². The van der Waals surface area contributed by atoms with Crippen LogP contribution in [0.1, 0.15) is 6.42 Å². The van der Waals surface area contributed by atoms with Gasteiger partial charge in [0.05, 0.1) is 19.8 Å². The summed E-state index contributed by atoms with van der Waals surface area (Å²) in [7, 11) is 0. The van der Waals surface area contributed by atoms with Gasteiger partial charge in [0.2, 0.25) is 0 Å². The average molecular weight is 247 g/mol. The summed E-state index contributed by atoms with van der Waals surface area (Å²) in [5.74, 6) is -0.129. The van der Waals surface area contributed by atoms with Gasteiger partial charge >= 0.3 is 5.97 Å². The first-order valence-corrected chi connectivity index (χ1v) is 6.26. The van der Waals surface area contributed by atoms with Crippen LogP contribution < -0.4 is 0 Å². The highest BCUT2D eigenvalue weighted by atomic mass is 32.2. The van der Waals surface area contributed by atoms with Gasteiger partial charge in [-0.2, -0.15) is 0 Å². The van der Waals surface area contributed by atoms with Crippen molar-refractivity contribution >= 4 is 34.3 Å². The van der Waals surface area contributed by atoms with Crippen molar-refractivity contribution in [2.75, 3.05) is 32.9 Å². The molecule has 2 fully saturated rings. The molecule has 0 radical (unpaired) electrons. The molecule has 2 aliphatic heterocycles. The summed E-state index contributed by atoms with van der Waals surface area (Å²) in [5.41, 5.74) is 0. The first-order chi connectivity index (χ1) is 7.27. The summed E-state index contributed by atoms with van der Waals surface area (Å²) < 4.78 is 10.9. The van der Waals surface area contributed by atoms with Gasteiger partial charge in [0.25, 0.3) is 0 Å². The lowest BCUT2D eigenvalue weighted by molar-refractivity contribution is -0.137. The minimum absolute atomic E-state index is 0.0969. The number of nitrogens with zero attached hydrogens (tertiary/aromatic N) is 1. The maximum Gasteiger partial charge on any atom is 0.319 e. The van der Waals surface area contributed by atoms with E-state index in [1.165, 1.54) is 11.8 Å². The molecule has 84 valence electrons. The fourth-order valence-corrected chi connectivity index (χ4v) is 3.01. The topological polar surface area (TPSA) is 38.8 Å². The molecular weight excluding hydrogens is 234 g/mol. The van der Waals surface area contributed by atoms with E-state index >= 15 is 0 Å². The van der Waals surface area contributed by atoms with Gasteiger partial charge in [0.1, 0.15) is 9.57 Å². The molecule has 0 aromatic heterocycles. The Balaban J connectivity index is 1.82. The second-order valence-corrected chi connectivity index (χ2v) is 5.26. The average Bonchev–Trinajstić information content (AvgIpc) is 2.66. The van der Waals surface area contributed by atoms with Crippen LogP contribution >= 0.6 is 24.0 Å². The van der Waals surface area contributed by atoms with E-state index in [2.05, 4.69) is 4.90 Å². The van der Waals surface area contributed by atoms with Crippen LogP contribution in [0.4, 0.5) is 0 Å². The van der Waals surface area contributed by atoms with Crippen molar-refractivity contribution in [2.45, 2.75) is 11.7 Å². The Labute approximate surface area is 98.3 Å². The minimum Gasteiger partial charge on any atom is -0.465 e. The van der Waals surface area contributed by atoms with Gasteiger partial charge in [-0.3, -0.25) is 4.79 Å². The van der Waals surface area contributed by atoms with E-state index in [0.717, 1.165) is 37.0 Å². The van der Waals surface area contributed by atoms with Crippen molar-refractivity contribution < 1.29 is 14.3 Å². The summed E-state index contributed by atoms with van der Waals surface area (Å²) in [5, 5.41) is -0.0969. The quantitative estimate of drug-likeness (QED) is 0.500. The van der Waals surface area contributed by atoms with Crippen LogP contribution in [0.5, 0.6) is 0 Å². The molecule has 2 rings (SSSR count).